The molecule has 0 N–H and O–H groups in total. The van der Waals surface area contributed by atoms with Crippen molar-refractivity contribution in [2.24, 2.45) is 9.98 Å². The van der Waals surface area contributed by atoms with Crippen LogP contribution in [0.4, 0.5) is 0 Å². The van der Waals surface area contributed by atoms with Gasteiger partial charge in [-0.05, 0) is 74.7 Å². The van der Waals surface area contributed by atoms with E-state index in [1.165, 1.54) is 38.3 Å². The molecule has 0 atom stereocenters. The van der Waals surface area contributed by atoms with E-state index in [0.717, 1.165) is 72.7 Å². The molecule has 2 aliphatic heterocycles. The molecule has 0 aliphatic carbocycles. The molecule has 7 heteroatoms. The fraction of sp³-hybridized carbons (Fsp3) is 0.500. The molecule has 1 aromatic heterocycles. The van der Waals surface area contributed by atoms with E-state index in [2.05, 4.69) is 67.5 Å². The maximum absolute atomic E-state index is 6.75. The zero-order chi connectivity index (χ0) is 25.4. The van der Waals surface area contributed by atoms with Crippen molar-refractivity contribution in [3.63, 3.8) is 0 Å². The third-order valence-electron chi connectivity index (χ3n) is 6.69. The van der Waals surface area contributed by atoms with Gasteiger partial charge in [-0.1, -0.05) is 64.8 Å². The van der Waals surface area contributed by atoms with Crippen molar-refractivity contribution in [1.29, 1.82) is 0 Å². The maximum atomic E-state index is 6.75. The normalized spacial score (nSPS) is 17.4. The summed E-state index contributed by atoms with van der Waals surface area (Å²) in [4.78, 5) is 16.4. The molecule has 0 saturated carbocycles. The summed E-state index contributed by atoms with van der Waals surface area (Å²) >= 11 is 0. The Morgan fingerprint density at radius 3 is 1.20 bits per heavy atom. The zero-order valence-electron chi connectivity index (χ0n) is 22.8. The topological polar surface area (TPSA) is 97.5 Å². The summed E-state index contributed by atoms with van der Waals surface area (Å²) in [6.07, 6.45) is 10.5. The predicted molar refractivity (Wildman–Crippen MR) is 146 cm³/mol. The minimum Gasteiger partial charge on any atom is -0.657 e. The molecule has 0 aromatic carbocycles. The predicted octanol–water partition coefficient (Wildman–Crippen LogP) is 8.50. The van der Waals surface area contributed by atoms with Crippen LogP contribution >= 0.6 is 0 Å². The van der Waals surface area contributed by atoms with Gasteiger partial charge < -0.3 is 16.0 Å². The molecular weight excluding hydrogens is 486 g/mol. The summed E-state index contributed by atoms with van der Waals surface area (Å²) in [7, 11) is 0. The molecule has 0 spiro atoms. The molecule has 0 amide bonds. The van der Waals surface area contributed by atoms with Crippen molar-refractivity contribution < 1.29 is 19.5 Å². The Kier molecular flexibility index (Phi) is 12.4. The van der Waals surface area contributed by atoms with Gasteiger partial charge in [0.15, 0.2) is 0 Å². The molecular formula is C28H38N6Zn. The first kappa shape index (κ1) is 30.5. The van der Waals surface area contributed by atoms with Crippen molar-refractivity contribution in [2.45, 2.75) is 93.9 Å². The Balaban J connectivity index is 0.00000145. The molecule has 6 nitrogen and oxygen atoms in total. The first-order chi connectivity index (χ1) is 16.3. The number of aromatic nitrogens is 1. The van der Waals surface area contributed by atoms with Crippen LogP contribution in [-0.2, 0) is 32.3 Å². The zero-order valence-corrected chi connectivity index (χ0v) is 25.8. The Labute approximate surface area is 223 Å². The van der Waals surface area contributed by atoms with E-state index in [1.54, 1.807) is 0 Å². The third-order valence-corrected chi connectivity index (χ3v) is 6.69. The Hall–Kier alpha value is -2.49. The quantitative estimate of drug-likeness (QED) is 0.145. The monoisotopic (exact) mass is 522 g/mol. The van der Waals surface area contributed by atoms with E-state index in [-0.39, 0.29) is 19.5 Å². The fourth-order valence-corrected chi connectivity index (χ4v) is 5.20. The van der Waals surface area contributed by atoms with Crippen molar-refractivity contribution >= 4 is 23.6 Å². The van der Waals surface area contributed by atoms with Crippen LogP contribution in [-0.4, -0.2) is 11.4 Å². The van der Waals surface area contributed by atoms with Gasteiger partial charge in [0, 0.05) is 11.4 Å². The molecule has 0 unspecified atom stereocenters. The SMILES string of the molecule is CCC1=C(CC)/C(=C/c2[n-]c(/C=C3\N=C(C)C(CC)=C3CC)c(CC)c2CC)N=C1C.[N-]=[N+]=[N-].[Zn+2]. The second kappa shape index (κ2) is 14.2. The summed E-state index contributed by atoms with van der Waals surface area (Å²) in [5.41, 5.74) is 28.4. The van der Waals surface area contributed by atoms with E-state index in [0.29, 0.717) is 0 Å². The van der Waals surface area contributed by atoms with Crippen LogP contribution in [0, 0.1) is 0 Å². The van der Waals surface area contributed by atoms with Crippen LogP contribution in [0.2, 0.25) is 0 Å². The fourth-order valence-electron chi connectivity index (χ4n) is 5.20. The molecule has 0 radical (unpaired) electrons. The third kappa shape index (κ3) is 6.40. The smallest absolute Gasteiger partial charge is 0.657 e. The van der Waals surface area contributed by atoms with Crippen LogP contribution < -0.4 is 4.98 Å². The maximum Gasteiger partial charge on any atom is 2.00 e. The summed E-state index contributed by atoms with van der Waals surface area (Å²) in [6, 6.07) is 0. The summed E-state index contributed by atoms with van der Waals surface area (Å²) < 4.78 is 0. The van der Waals surface area contributed by atoms with Gasteiger partial charge in [0.1, 0.15) is 0 Å². The van der Waals surface area contributed by atoms with Crippen molar-refractivity contribution in [2.75, 3.05) is 0 Å². The molecule has 3 heterocycles. The molecule has 35 heavy (non-hydrogen) atoms. The molecule has 2 aliphatic rings. The Bertz CT molecular complexity index is 1070. The number of hydrogen-bond donors (Lipinski definition) is 0. The molecule has 0 bridgehead atoms. The van der Waals surface area contributed by atoms with E-state index in [1.807, 2.05) is 0 Å². The summed E-state index contributed by atoms with van der Waals surface area (Å²) in [5, 5.41) is 0. The molecule has 1 aromatic rings. The minimum absolute atomic E-state index is 0. The van der Waals surface area contributed by atoms with Gasteiger partial charge >= 0.3 is 19.5 Å². The van der Waals surface area contributed by atoms with Crippen LogP contribution in [0.5, 0.6) is 0 Å². The summed E-state index contributed by atoms with van der Waals surface area (Å²) in [6.45, 7) is 17.6. The second-order valence-corrected chi connectivity index (χ2v) is 8.42. The second-order valence-electron chi connectivity index (χ2n) is 8.42. The number of allylic oxidation sites excluding steroid dienone is 4. The van der Waals surface area contributed by atoms with Crippen LogP contribution in [0.3, 0.4) is 0 Å². The minimum atomic E-state index is 0. The van der Waals surface area contributed by atoms with Gasteiger partial charge in [0.25, 0.3) is 0 Å². The number of rotatable bonds is 8. The first-order valence-corrected chi connectivity index (χ1v) is 12.5. The molecule has 0 saturated heterocycles. The van der Waals surface area contributed by atoms with Gasteiger partial charge in [0.2, 0.25) is 0 Å². The van der Waals surface area contributed by atoms with E-state index in [9.17, 15) is 0 Å². The Morgan fingerprint density at radius 2 is 0.943 bits per heavy atom. The van der Waals surface area contributed by atoms with E-state index in [4.69, 9.17) is 26.0 Å². The Morgan fingerprint density at radius 1 is 0.629 bits per heavy atom. The standard InChI is InChI=1S/C28H38N3.N3.Zn/c1-9-19-17(7)29-25(21(19)11-3)15-27-23(13-5)24(14-6)28(31-27)16-26-22(12-4)20(10-2)18(8)30-26;1-3-2;/h15-16H,9-14H2,1-8H3;;/q2*-1;+2/b25-15-,26-16-;;. The molecule has 182 valence electrons. The van der Waals surface area contributed by atoms with Crippen LogP contribution in [0.15, 0.2) is 43.7 Å². The van der Waals surface area contributed by atoms with E-state index < -0.39 is 0 Å². The van der Waals surface area contributed by atoms with Gasteiger partial charge in [-0.15, -0.1) is 11.4 Å². The molecule has 3 rings (SSSR count). The van der Waals surface area contributed by atoms with Gasteiger partial charge in [-0.2, -0.15) is 0 Å². The number of hydrogen-bond acceptors (Lipinski definition) is 2. The average molecular weight is 524 g/mol. The number of aliphatic imine (C=N–C) groups is 2. The molecule has 0 fully saturated rings. The van der Waals surface area contributed by atoms with Crippen molar-refractivity contribution in [3.05, 3.63) is 72.2 Å². The van der Waals surface area contributed by atoms with Crippen LogP contribution in [0.25, 0.3) is 28.1 Å². The average Bonchev–Trinajstić information content (AvgIpc) is 3.42. The van der Waals surface area contributed by atoms with E-state index >= 15 is 0 Å². The van der Waals surface area contributed by atoms with Gasteiger partial charge in [0.05, 0.1) is 11.4 Å². The van der Waals surface area contributed by atoms with Crippen molar-refractivity contribution in [3.8, 4) is 0 Å². The van der Waals surface area contributed by atoms with Gasteiger partial charge in [-0.3, -0.25) is 14.9 Å². The van der Waals surface area contributed by atoms with Gasteiger partial charge in [-0.25, -0.2) is 0 Å². The number of nitrogens with zero attached hydrogens (tertiary/aromatic N) is 6. The van der Waals surface area contributed by atoms with Crippen LogP contribution in [0.1, 0.15) is 104 Å². The van der Waals surface area contributed by atoms with Crippen molar-refractivity contribution in [1.82, 2.24) is 4.98 Å². The summed E-state index contributed by atoms with van der Waals surface area (Å²) in [5.74, 6) is 0. The first-order valence-electron chi connectivity index (χ1n) is 12.5. The largest absolute Gasteiger partial charge is 2.00 e.